The Balaban J connectivity index is 1.50. The van der Waals surface area contributed by atoms with Crippen LogP contribution in [0.1, 0.15) is 12.5 Å². The van der Waals surface area contributed by atoms with Gasteiger partial charge in [0, 0.05) is 0 Å². The zero-order valence-electron chi connectivity index (χ0n) is 23.4. The van der Waals surface area contributed by atoms with E-state index >= 15 is 0 Å². The molecule has 8 rings (SSSR count). The number of rotatable bonds is 3. The van der Waals surface area contributed by atoms with E-state index in [1.54, 1.807) is 0 Å². The fourth-order valence-electron chi connectivity index (χ4n) is 7.03. The summed E-state index contributed by atoms with van der Waals surface area (Å²) in [5, 5.41) is 12.8. The maximum absolute atomic E-state index is 7.41. The quantitative estimate of drug-likeness (QED) is 0.121. The lowest BCUT2D eigenvalue weighted by molar-refractivity contribution is 1.18. The van der Waals surface area contributed by atoms with Gasteiger partial charge in [-0.2, -0.15) is 0 Å². The second kappa shape index (κ2) is 9.58. The van der Waals surface area contributed by atoms with Crippen molar-refractivity contribution in [3.63, 3.8) is 0 Å². The molecule has 196 valence electrons. The fraction of sp³-hybridized carbons (Fsp3) is 0.0488. The van der Waals surface area contributed by atoms with Gasteiger partial charge in [-0.05, 0) is 94.2 Å². The molecule has 0 unspecified atom stereocenters. The predicted octanol–water partition coefficient (Wildman–Crippen LogP) is 11.9. The van der Waals surface area contributed by atoms with Crippen molar-refractivity contribution in [3.8, 4) is 22.3 Å². The van der Waals surface area contributed by atoms with Crippen molar-refractivity contribution in [3.05, 3.63) is 150 Å². The van der Waals surface area contributed by atoms with E-state index < -0.39 is 0 Å². The average molecular weight is 534 g/mol. The normalized spacial score (nSPS) is 11.5. The molecular formula is C41H27N. The smallest absolute Gasteiger partial charge is 0.187 e. The molecule has 0 saturated heterocycles. The van der Waals surface area contributed by atoms with Gasteiger partial charge in [0.1, 0.15) is 0 Å². The van der Waals surface area contributed by atoms with E-state index in [2.05, 4.69) is 133 Å². The van der Waals surface area contributed by atoms with Crippen LogP contribution < -0.4 is 0 Å². The van der Waals surface area contributed by atoms with Crippen molar-refractivity contribution in [2.45, 2.75) is 13.3 Å². The summed E-state index contributed by atoms with van der Waals surface area (Å²) in [6, 6.07) is 48.2. The Bertz CT molecular complexity index is 2330. The highest BCUT2D eigenvalue weighted by Gasteiger charge is 2.19. The minimum Gasteiger partial charge on any atom is -0.238 e. The number of hydrogen-bond acceptors (Lipinski definition) is 0. The summed E-state index contributed by atoms with van der Waals surface area (Å²) in [6.07, 6.45) is 0.997. The third-order valence-electron chi connectivity index (χ3n) is 8.85. The monoisotopic (exact) mass is 533 g/mol. The SMILES string of the molecule is [C-]#[N+]c1ccc(-c2c3ccccc3c(-c3cccc4c3ccc3c(CC)c5ccccc5cc34)c3ccccc23)cc1. The van der Waals surface area contributed by atoms with Gasteiger partial charge in [-0.25, -0.2) is 4.85 Å². The number of hydrogen-bond donors (Lipinski definition) is 0. The van der Waals surface area contributed by atoms with Gasteiger partial charge in [-0.15, -0.1) is 0 Å². The van der Waals surface area contributed by atoms with Crippen LogP contribution in [0.2, 0.25) is 0 Å². The predicted molar refractivity (Wildman–Crippen MR) is 180 cm³/mol. The first-order valence-corrected chi connectivity index (χ1v) is 14.5. The highest BCUT2D eigenvalue weighted by molar-refractivity contribution is 6.25. The maximum atomic E-state index is 7.41. The van der Waals surface area contributed by atoms with Crippen molar-refractivity contribution in [2.75, 3.05) is 0 Å². The highest BCUT2D eigenvalue weighted by atomic mass is 14.6. The summed E-state index contributed by atoms with van der Waals surface area (Å²) < 4.78 is 0. The Labute approximate surface area is 245 Å². The molecule has 1 heteroatoms. The van der Waals surface area contributed by atoms with Crippen molar-refractivity contribution < 1.29 is 0 Å². The molecule has 0 spiro atoms. The lowest BCUT2D eigenvalue weighted by Crippen LogP contribution is -1.92. The van der Waals surface area contributed by atoms with Crippen LogP contribution in [0.25, 0.3) is 81.0 Å². The Morgan fingerprint density at radius 1 is 0.476 bits per heavy atom. The van der Waals surface area contributed by atoms with Crippen molar-refractivity contribution in [2.24, 2.45) is 0 Å². The van der Waals surface area contributed by atoms with Crippen LogP contribution in [0.3, 0.4) is 0 Å². The van der Waals surface area contributed by atoms with Gasteiger partial charge in [0.15, 0.2) is 5.69 Å². The molecule has 0 aliphatic carbocycles. The molecule has 0 aliphatic rings. The first-order chi connectivity index (χ1) is 20.8. The third-order valence-corrected chi connectivity index (χ3v) is 8.85. The minimum absolute atomic E-state index is 0.658. The highest BCUT2D eigenvalue weighted by Crippen LogP contribution is 2.46. The Morgan fingerprint density at radius 2 is 1.05 bits per heavy atom. The molecule has 0 radical (unpaired) electrons. The third kappa shape index (κ3) is 3.56. The summed E-state index contributed by atoms with van der Waals surface area (Å²) in [5.41, 5.74) is 6.94. The van der Waals surface area contributed by atoms with E-state index in [-0.39, 0.29) is 0 Å². The topological polar surface area (TPSA) is 4.36 Å². The second-order valence-corrected chi connectivity index (χ2v) is 11.0. The molecule has 42 heavy (non-hydrogen) atoms. The molecule has 0 aliphatic heterocycles. The van der Waals surface area contributed by atoms with Crippen LogP contribution in [0.4, 0.5) is 5.69 Å². The van der Waals surface area contributed by atoms with Crippen molar-refractivity contribution in [1.29, 1.82) is 0 Å². The molecule has 0 heterocycles. The summed E-state index contributed by atoms with van der Waals surface area (Å²) in [4.78, 5) is 3.61. The minimum atomic E-state index is 0.658. The van der Waals surface area contributed by atoms with Crippen molar-refractivity contribution >= 4 is 59.5 Å². The summed E-state index contributed by atoms with van der Waals surface area (Å²) in [6.45, 7) is 9.67. The average Bonchev–Trinajstić information content (AvgIpc) is 3.06. The Kier molecular flexibility index (Phi) is 5.56. The maximum Gasteiger partial charge on any atom is 0.187 e. The van der Waals surface area contributed by atoms with E-state index in [1.807, 2.05) is 12.1 Å². The van der Waals surface area contributed by atoms with Gasteiger partial charge < -0.3 is 0 Å². The van der Waals surface area contributed by atoms with E-state index in [1.165, 1.54) is 76.1 Å². The largest absolute Gasteiger partial charge is 0.238 e. The second-order valence-electron chi connectivity index (χ2n) is 11.0. The van der Waals surface area contributed by atoms with Gasteiger partial charge in [-0.3, -0.25) is 0 Å². The zero-order chi connectivity index (χ0) is 28.2. The number of aryl methyl sites for hydroxylation is 1. The lowest BCUT2D eigenvalue weighted by atomic mass is 9.84. The van der Waals surface area contributed by atoms with E-state index in [4.69, 9.17) is 6.57 Å². The van der Waals surface area contributed by atoms with E-state index in [0.717, 1.165) is 12.0 Å². The van der Waals surface area contributed by atoms with Gasteiger partial charge in [0.05, 0.1) is 6.57 Å². The molecule has 1 nitrogen and oxygen atoms in total. The van der Waals surface area contributed by atoms with Gasteiger partial charge in [0.25, 0.3) is 0 Å². The van der Waals surface area contributed by atoms with Crippen LogP contribution in [0, 0.1) is 6.57 Å². The lowest BCUT2D eigenvalue weighted by Gasteiger charge is -2.19. The molecule has 8 aromatic rings. The molecule has 0 aromatic heterocycles. The van der Waals surface area contributed by atoms with Crippen LogP contribution in [-0.4, -0.2) is 0 Å². The number of fused-ring (bicyclic) bond motifs is 6. The standard InChI is InChI=1S/C41H27N/c1-3-29-30-12-5-4-11-27(30)25-39-31-17-10-18-34(33(31)24-23-32(29)39)41-37-15-8-6-13-35(37)40(36-14-7-9-16-38(36)41)26-19-21-28(42-2)22-20-26/h4-25H,3H2,1H3. The molecular weight excluding hydrogens is 506 g/mol. The van der Waals surface area contributed by atoms with Crippen LogP contribution in [0.15, 0.2) is 133 Å². The summed E-state index contributed by atoms with van der Waals surface area (Å²) >= 11 is 0. The fourth-order valence-corrected chi connectivity index (χ4v) is 7.03. The molecule has 0 saturated carbocycles. The zero-order valence-corrected chi connectivity index (χ0v) is 23.4. The summed E-state index contributed by atoms with van der Waals surface area (Å²) in [7, 11) is 0. The first kappa shape index (κ1) is 24.4. The molecule has 0 fully saturated rings. The van der Waals surface area contributed by atoms with Gasteiger partial charge in [-0.1, -0.05) is 134 Å². The molecule has 0 N–H and O–H groups in total. The van der Waals surface area contributed by atoms with E-state index in [9.17, 15) is 0 Å². The molecule has 0 atom stereocenters. The molecule has 8 aromatic carbocycles. The van der Waals surface area contributed by atoms with E-state index in [0.29, 0.717) is 5.69 Å². The summed E-state index contributed by atoms with van der Waals surface area (Å²) in [5.74, 6) is 0. The van der Waals surface area contributed by atoms with Crippen molar-refractivity contribution in [1.82, 2.24) is 0 Å². The Hall–Kier alpha value is -5.45. The first-order valence-electron chi connectivity index (χ1n) is 14.5. The molecule has 0 amide bonds. The number of benzene rings is 8. The number of nitrogens with zero attached hydrogens (tertiary/aromatic N) is 1. The van der Waals surface area contributed by atoms with Gasteiger partial charge >= 0.3 is 0 Å². The molecule has 0 bridgehead atoms. The Morgan fingerprint density at radius 3 is 1.69 bits per heavy atom. The van der Waals surface area contributed by atoms with Crippen LogP contribution >= 0.6 is 0 Å². The van der Waals surface area contributed by atoms with Crippen LogP contribution in [-0.2, 0) is 6.42 Å². The van der Waals surface area contributed by atoms with Gasteiger partial charge in [0.2, 0.25) is 0 Å². The van der Waals surface area contributed by atoms with Crippen LogP contribution in [0.5, 0.6) is 0 Å².